The number of aromatic nitrogens is 2. The van der Waals surface area contributed by atoms with E-state index in [1.54, 1.807) is 0 Å². The van der Waals surface area contributed by atoms with E-state index in [1.165, 1.54) is 49.8 Å². The lowest BCUT2D eigenvalue weighted by Crippen LogP contribution is -2.35. The third kappa shape index (κ3) is 2.09. The monoisotopic (exact) mass is 301 g/mol. The molecule has 5 nitrogen and oxygen atoms in total. The minimum Gasteiger partial charge on any atom is -0.368 e. The van der Waals surface area contributed by atoms with Crippen molar-refractivity contribution in [1.82, 2.24) is 9.97 Å². The molecule has 1 aromatic heterocycles. The van der Waals surface area contributed by atoms with Crippen molar-refractivity contribution < 1.29 is 0 Å². The largest absolute Gasteiger partial charge is 0.368 e. The molecule has 2 atom stereocenters. The molecule has 0 unspecified atom stereocenters. The van der Waals surface area contributed by atoms with Crippen LogP contribution in [0.4, 0.5) is 11.8 Å². The van der Waals surface area contributed by atoms with Crippen LogP contribution in [0.2, 0.25) is 0 Å². The van der Waals surface area contributed by atoms with Crippen LogP contribution in [0.15, 0.2) is 0 Å². The molecule has 0 radical (unpaired) electrons. The van der Waals surface area contributed by atoms with Crippen molar-refractivity contribution in [2.24, 2.45) is 5.73 Å². The van der Waals surface area contributed by atoms with E-state index in [9.17, 15) is 0 Å². The summed E-state index contributed by atoms with van der Waals surface area (Å²) in [7, 11) is 0. The normalized spacial score (nSPS) is 30.0. The van der Waals surface area contributed by atoms with Crippen LogP contribution in [0.1, 0.15) is 63.1 Å². The van der Waals surface area contributed by atoms with E-state index in [4.69, 9.17) is 16.5 Å². The summed E-state index contributed by atoms with van der Waals surface area (Å²) in [5.41, 5.74) is 15.2. The molecule has 4 rings (SSSR count). The second-order valence-corrected chi connectivity index (χ2v) is 7.57. The molecule has 1 spiro atoms. The van der Waals surface area contributed by atoms with Crippen molar-refractivity contribution in [3.05, 3.63) is 11.3 Å². The van der Waals surface area contributed by atoms with E-state index in [0.717, 1.165) is 25.2 Å². The zero-order chi connectivity index (χ0) is 15.3. The molecule has 1 aromatic rings. The molecule has 0 amide bonds. The van der Waals surface area contributed by atoms with E-state index in [2.05, 4.69) is 16.8 Å². The van der Waals surface area contributed by atoms with Crippen molar-refractivity contribution in [3.63, 3.8) is 0 Å². The van der Waals surface area contributed by atoms with Crippen molar-refractivity contribution in [3.8, 4) is 0 Å². The van der Waals surface area contributed by atoms with Gasteiger partial charge in [0.05, 0.1) is 5.69 Å². The summed E-state index contributed by atoms with van der Waals surface area (Å²) < 4.78 is 0. The average molecular weight is 301 g/mol. The Labute approximate surface area is 132 Å². The average Bonchev–Trinajstić information content (AvgIpc) is 3.07. The number of hydrogen-bond acceptors (Lipinski definition) is 5. The van der Waals surface area contributed by atoms with Crippen LogP contribution in [0, 0.1) is 0 Å². The molecule has 5 heteroatoms. The highest BCUT2D eigenvalue weighted by Gasteiger charge is 2.43. The minimum absolute atomic E-state index is 0.242. The Kier molecular flexibility index (Phi) is 3.29. The number of nitrogen functional groups attached to an aromatic ring is 1. The molecule has 1 saturated carbocycles. The van der Waals surface area contributed by atoms with Gasteiger partial charge >= 0.3 is 0 Å². The highest BCUT2D eigenvalue weighted by atomic mass is 15.3. The van der Waals surface area contributed by atoms with Gasteiger partial charge in [0.2, 0.25) is 5.95 Å². The molecular formula is C17H27N5. The highest BCUT2D eigenvalue weighted by molar-refractivity contribution is 5.56. The molecule has 2 aliphatic carbocycles. The standard InChI is InChI=1S/C17H27N5/c1-11-9-12(18)10-22(11)15-13-5-4-8-17(6-2-3-7-17)14(13)20-16(19)21-15/h11-12H,2-10,18H2,1H3,(H2,19,20,21)/t11-,12+/m1/s1. The first-order chi connectivity index (χ1) is 10.6. The van der Waals surface area contributed by atoms with Crippen LogP contribution < -0.4 is 16.4 Å². The zero-order valence-corrected chi connectivity index (χ0v) is 13.5. The van der Waals surface area contributed by atoms with Crippen LogP contribution >= 0.6 is 0 Å². The molecule has 2 heterocycles. The molecular weight excluding hydrogens is 274 g/mol. The number of nitrogens with zero attached hydrogens (tertiary/aromatic N) is 3. The van der Waals surface area contributed by atoms with Crippen LogP contribution in [-0.4, -0.2) is 28.6 Å². The molecule has 0 aromatic carbocycles. The number of hydrogen-bond donors (Lipinski definition) is 2. The van der Waals surface area contributed by atoms with Crippen LogP contribution in [-0.2, 0) is 11.8 Å². The Morgan fingerprint density at radius 3 is 2.55 bits per heavy atom. The maximum Gasteiger partial charge on any atom is 0.222 e. The molecule has 3 aliphatic rings. The first kappa shape index (κ1) is 14.2. The summed E-state index contributed by atoms with van der Waals surface area (Å²) in [6, 6.07) is 0.681. The van der Waals surface area contributed by atoms with Crippen molar-refractivity contribution in [1.29, 1.82) is 0 Å². The van der Waals surface area contributed by atoms with Gasteiger partial charge in [-0.3, -0.25) is 0 Å². The first-order valence-corrected chi connectivity index (χ1v) is 8.78. The van der Waals surface area contributed by atoms with E-state index in [1.807, 2.05) is 0 Å². The number of fused-ring (bicyclic) bond motifs is 2. The number of nitrogens with two attached hydrogens (primary N) is 2. The predicted octanol–water partition coefficient (Wildman–Crippen LogP) is 2.13. The topological polar surface area (TPSA) is 81.1 Å². The van der Waals surface area contributed by atoms with Crippen LogP contribution in [0.3, 0.4) is 0 Å². The second-order valence-electron chi connectivity index (χ2n) is 7.57. The fourth-order valence-electron chi connectivity index (χ4n) is 5.02. The lowest BCUT2D eigenvalue weighted by atomic mass is 9.71. The summed E-state index contributed by atoms with van der Waals surface area (Å²) in [6.45, 7) is 3.13. The summed E-state index contributed by atoms with van der Waals surface area (Å²) >= 11 is 0. The fourth-order valence-corrected chi connectivity index (χ4v) is 5.02. The molecule has 1 saturated heterocycles. The van der Waals surface area contributed by atoms with E-state index in [-0.39, 0.29) is 11.5 Å². The van der Waals surface area contributed by atoms with Gasteiger partial charge in [0.1, 0.15) is 5.82 Å². The van der Waals surface area contributed by atoms with Gasteiger partial charge in [-0.1, -0.05) is 12.8 Å². The van der Waals surface area contributed by atoms with Gasteiger partial charge in [-0.25, -0.2) is 4.98 Å². The maximum absolute atomic E-state index is 6.17. The smallest absolute Gasteiger partial charge is 0.222 e. The van der Waals surface area contributed by atoms with Gasteiger partial charge in [-0.15, -0.1) is 0 Å². The summed E-state index contributed by atoms with van der Waals surface area (Å²) in [4.78, 5) is 11.7. The van der Waals surface area contributed by atoms with Gasteiger partial charge in [0.15, 0.2) is 0 Å². The molecule has 0 bridgehead atoms. The Morgan fingerprint density at radius 1 is 1.14 bits per heavy atom. The Morgan fingerprint density at radius 2 is 1.86 bits per heavy atom. The Balaban J connectivity index is 1.82. The second kappa shape index (κ2) is 5.08. The summed E-state index contributed by atoms with van der Waals surface area (Å²) in [5, 5.41) is 0. The Bertz CT molecular complexity index is 579. The van der Waals surface area contributed by atoms with Gasteiger partial charge < -0.3 is 16.4 Å². The summed E-state index contributed by atoms with van der Waals surface area (Å²) in [6.07, 6.45) is 9.82. The van der Waals surface area contributed by atoms with E-state index in [0.29, 0.717) is 12.0 Å². The third-order valence-electron chi connectivity index (χ3n) is 6.03. The third-order valence-corrected chi connectivity index (χ3v) is 6.03. The van der Waals surface area contributed by atoms with Crippen molar-refractivity contribution >= 4 is 11.8 Å². The number of anilines is 2. The van der Waals surface area contributed by atoms with E-state index < -0.39 is 0 Å². The van der Waals surface area contributed by atoms with Gasteiger partial charge in [0.25, 0.3) is 0 Å². The lowest BCUT2D eigenvalue weighted by molar-refractivity contribution is 0.357. The summed E-state index contributed by atoms with van der Waals surface area (Å²) in [5.74, 6) is 1.52. The van der Waals surface area contributed by atoms with Gasteiger partial charge in [-0.05, 0) is 45.4 Å². The highest BCUT2D eigenvalue weighted by Crippen LogP contribution is 2.49. The predicted molar refractivity (Wildman–Crippen MR) is 88.9 cm³/mol. The lowest BCUT2D eigenvalue weighted by Gasteiger charge is -2.37. The molecule has 2 fully saturated rings. The quantitative estimate of drug-likeness (QED) is 0.830. The Hall–Kier alpha value is -1.36. The van der Waals surface area contributed by atoms with Gasteiger partial charge in [0, 0.05) is 29.6 Å². The van der Waals surface area contributed by atoms with E-state index >= 15 is 0 Å². The molecule has 22 heavy (non-hydrogen) atoms. The minimum atomic E-state index is 0.242. The van der Waals surface area contributed by atoms with Gasteiger partial charge in [-0.2, -0.15) is 4.98 Å². The van der Waals surface area contributed by atoms with Crippen molar-refractivity contribution in [2.75, 3.05) is 17.2 Å². The first-order valence-electron chi connectivity index (χ1n) is 8.78. The molecule has 1 aliphatic heterocycles. The van der Waals surface area contributed by atoms with Crippen LogP contribution in [0.5, 0.6) is 0 Å². The number of rotatable bonds is 1. The zero-order valence-electron chi connectivity index (χ0n) is 13.5. The fraction of sp³-hybridized carbons (Fsp3) is 0.765. The van der Waals surface area contributed by atoms with Crippen molar-refractivity contribution in [2.45, 2.75) is 75.8 Å². The molecule has 120 valence electrons. The maximum atomic E-state index is 6.17. The SMILES string of the molecule is C[C@@H]1C[C@H](N)CN1c1nc(N)nc2c1CCCC21CCCC1. The van der Waals surface area contributed by atoms with Crippen LogP contribution in [0.25, 0.3) is 0 Å². The molecule has 4 N–H and O–H groups in total.